The summed E-state index contributed by atoms with van der Waals surface area (Å²) in [5.74, 6) is 0.141. The summed E-state index contributed by atoms with van der Waals surface area (Å²) in [5, 5.41) is 6.04. The van der Waals surface area contributed by atoms with E-state index in [9.17, 15) is 4.21 Å². The van der Waals surface area contributed by atoms with Gasteiger partial charge in [-0.2, -0.15) is 0 Å². The van der Waals surface area contributed by atoms with Crippen LogP contribution in [0.4, 0.5) is 0 Å². The third kappa shape index (κ3) is 1.83. The highest BCUT2D eigenvalue weighted by atomic mass is 32.8. The highest BCUT2D eigenvalue weighted by Gasteiger charge is 2.20. The van der Waals surface area contributed by atoms with Crippen LogP contribution in [0.25, 0.3) is 5.65 Å². The normalized spacial score (nSPS) is 15.5. The van der Waals surface area contributed by atoms with Crippen LogP contribution in [0, 0.1) is 0 Å². The van der Waals surface area contributed by atoms with Gasteiger partial charge in [0.25, 0.3) is 0 Å². The van der Waals surface area contributed by atoms with Gasteiger partial charge in [0.15, 0.2) is 5.03 Å². The van der Waals surface area contributed by atoms with Crippen LogP contribution >= 0.6 is 0 Å². The molecule has 0 aliphatic carbocycles. The highest BCUT2D eigenvalue weighted by Crippen LogP contribution is 2.23. The van der Waals surface area contributed by atoms with Crippen LogP contribution in [0.2, 0.25) is 0 Å². The summed E-state index contributed by atoms with van der Waals surface area (Å²) in [6, 6.07) is 5.55. The summed E-state index contributed by atoms with van der Waals surface area (Å²) in [6.07, 6.45) is 1.78. The van der Waals surface area contributed by atoms with Crippen molar-refractivity contribution in [2.75, 3.05) is 0 Å². The van der Waals surface area contributed by atoms with E-state index in [1.807, 2.05) is 32.0 Å². The topological polar surface area (TPSA) is 60.4 Å². The average Bonchev–Trinajstić information content (AvgIpc) is 2.55. The van der Waals surface area contributed by atoms with E-state index in [1.165, 1.54) is 0 Å². The SMILES string of the molecule is CC(C)c1nc2ccccn2c1S(N)(=O)=S. The number of fused-ring (bicyclic) bond motifs is 1. The molecule has 4 nitrogen and oxygen atoms in total. The minimum absolute atomic E-state index is 0.141. The second kappa shape index (κ2) is 3.80. The van der Waals surface area contributed by atoms with Gasteiger partial charge in [0, 0.05) is 17.4 Å². The first-order chi connectivity index (χ1) is 7.41. The van der Waals surface area contributed by atoms with E-state index in [2.05, 4.69) is 4.98 Å². The van der Waals surface area contributed by atoms with Crippen LogP contribution in [0.15, 0.2) is 29.4 Å². The molecule has 0 fully saturated rings. The molecule has 0 aliphatic rings. The van der Waals surface area contributed by atoms with E-state index in [1.54, 1.807) is 10.6 Å². The number of imidazole rings is 1. The van der Waals surface area contributed by atoms with Gasteiger partial charge in [-0.3, -0.25) is 4.40 Å². The maximum Gasteiger partial charge on any atom is 0.151 e. The molecular formula is C10H13N3OS2. The lowest BCUT2D eigenvalue weighted by atomic mass is 10.2. The van der Waals surface area contributed by atoms with Gasteiger partial charge in [0.05, 0.1) is 5.69 Å². The molecule has 2 aromatic rings. The van der Waals surface area contributed by atoms with Crippen molar-refractivity contribution < 1.29 is 4.21 Å². The molecule has 1 unspecified atom stereocenters. The Morgan fingerprint density at radius 3 is 2.75 bits per heavy atom. The molecule has 0 amide bonds. The second-order valence-electron chi connectivity index (χ2n) is 3.93. The number of pyridine rings is 1. The van der Waals surface area contributed by atoms with Crippen molar-refractivity contribution in [3.63, 3.8) is 0 Å². The molecule has 2 heterocycles. The fraction of sp³-hybridized carbons (Fsp3) is 0.300. The van der Waals surface area contributed by atoms with Gasteiger partial charge in [0.2, 0.25) is 0 Å². The first-order valence-corrected chi connectivity index (χ1v) is 7.45. The zero-order chi connectivity index (χ0) is 11.9. The summed E-state index contributed by atoms with van der Waals surface area (Å²) < 4.78 is 13.6. The van der Waals surface area contributed by atoms with Crippen LogP contribution in [0.1, 0.15) is 25.5 Å². The quantitative estimate of drug-likeness (QED) is 0.883. The van der Waals surface area contributed by atoms with E-state index in [0.29, 0.717) is 10.7 Å². The molecule has 16 heavy (non-hydrogen) atoms. The van der Waals surface area contributed by atoms with E-state index in [0.717, 1.165) is 5.65 Å². The molecule has 2 rings (SSSR count). The lowest BCUT2D eigenvalue weighted by Gasteiger charge is -2.06. The predicted octanol–water partition coefficient (Wildman–Crippen LogP) is 1.44. The molecule has 0 bridgehead atoms. The number of rotatable bonds is 2. The molecule has 2 aromatic heterocycles. The fourth-order valence-corrected chi connectivity index (χ4v) is 3.15. The molecular weight excluding hydrogens is 242 g/mol. The van der Waals surface area contributed by atoms with E-state index in [4.69, 9.17) is 16.3 Å². The summed E-state index contributed by atoms with van der Waals surface area (Å²) in [4.78, 5) is 4.42. The molecule has 2 N–H and O–H groups in total. The van der Waals surface area contributed by atoms with Crippen molar-refractivity contribution in [3.8, 4) is 0 Å². The lowest BCUT2D eigenvalue weighted by Crippen LogP contribution is -2.15. The standard InChI is InChI=1S/C10H13N3OS2/c1-7(2)9-10(16(11,14)15)13-6-4-3-5-8(13)12-9/h3-7H,1-2H3,(H2,11,14,15). The van der Waals surface area contributed by atoms with Gasteiger partial charge >= 0.3 is 0 Å². The van der Waals surface area contributed by atoms with Gasteiger partial charge in [0.1, 0.15) is 14.3 Å². The highest BCUT2D eigenvalue weighted by molar-refractivity contribution is 8.31. The second-order valence-corrected chi connectivity index (χ2v) is 6.89. The summed E-state index contributed by atoms with van der Waals surface area (Å²) in [6.45, 7) is 3.96. The van der Waals surface area contributed by atoms with Gasteiger partial charge in [-0.1, -0.05) is 19.9 Å². The van der Waals surface area contributed by atoms with Gasteiger partial charge in [-0.05, 0) is 18.1 Å². The molecule has 0 aromatic carbocycles. The first kappa shape index (κ1) is 11.5. The van der Waals surface area contributed by atoms with Gasteiger partial charge in [-0.25, -0.2) is 14.3 Å². The molecule has 0 saturated heterocycles. The molecule has 0 radical (unpaired) electrons. The molecule has 1 atom stereocenters. The molecule has 0 saturated carbocycles. The number of aromatic nitrogens is 2. The lowest BCUT2D eigenvalue weighted by molar-refractivity contribution is 0.674. The van der Waals surface area contributed by atoms with E-state index < -0.39 is 8.68 Å². The Morgan fingerprint density at radius 2 is 2.19 bits per heavy atom. The average molecular weight is 255 g/mol. The maximum atomic E-state index is 11.9. The molecule has 86 valence electrons. The third-order valence-electron chi connectivity index (χ3n) is 2.33. The van der Waals surface area contributed by atoms with E-state index >= 15 is 0 Å². The van der Waals surface area contributed by atoms with Crippen molar-refractivity contribution >= 4 is 25.5 Å². The number of nitrogens with two attached hydrogens (primary N) is 1. The zero-order valence-corrected chi connectivity index (χ0v) is 10.7. The third-order valence-corrected chi connectivity index (χ3v) is 3.75. The van der Waals surface area contributed by atoms with Crippen LogP contribution < -0.4 is 5.14 Å². The minimum Gasteiger partial charge on any atom is -0.291 e. The predicted molar refractivity (Wildman–Crippen MR) is 67.2 cm³/mol. The van der Waals surface area contributed by atoms with Crippen LogP contribution in [-0.2, 0) is 19.9 Å². The van der Waals surface area contributed by atoms with E-state index in [-0.39, 0.29) is 5.92 Å². The Labute approximate surface area is 99.3 Å². The summed E-state index contributed by atoms with van der Waals surface area (Å²) in [7, 11) is -2.93. The van der Waals surface area contributed by atoms with Crippen LogP contribution in [0.3, 0.4) is 0 Å². The summed E-state index contributed by atoms with van der Waals surface area (Å²) >= 11 is 4.88. The Hall–Kier alpha value is -0.980. The monoisotopic (exact) mass is 255 g/mol. The molecule has 6 heteroatoms. The summed E-state index contributed by atoms with van der Waals surface area (Å²) in [5.41, 5.74) is 1.44. The van der Waals surface area contributed by atoms with Crippen molar-refractivity contribution in [1.29, 1.82) is 0 Å². The largest absolute Gasteiger partial charge is 0.291 e. The fourth-order valence-electron chi connectivity index (χ4n) is 1.65. The number of nitrogens with zero attached hydrogens (tertiary/aromatic N) is 2. The van der Waals surface area contributed by atoms with Crippen LogP contribution in [0.5, 0.6) is 0 Å². The van der Waals surface area contributed by atoms with Gasteiger partial charge in [-0.15, -0.1) is 0 Å². The Bertz CT molecular complexity index is 629. The first-order valence-electron chi connectivity index (χ1n) is 4.91. The number of hydrogen-bond donors (Lipinski definition) is 1. The zero-order valence-electron chi connectivity index (χ0n) is 9.08. The Balaban J connectivity index is 2.91. The van der Waals surface area contributed by atoms with Crippen molar-refractivity contribution in [2.24, 2.45) is 5.14 Å². The van der Waals surface area contributed by atoms with Crippen molar-refractivity contribution in [3.05, 3.63) is 30.1 Å². The van der Waals surface area contributed by atoms with Crippen LogP contribution in [-0.4, -0.2) is 13.6 Å². The molecule has 0 spiro atoms. The smallest absolute Gasteiger partial charge is 0.151 e. The Morgan fingerprint density at radius 1 is 1.50 bits per heavy atom. The minimum atomic E-state index is -2.93. The number of hydrogen-bond acceptors (Lipinski definition) is 3. The Kier molecular flexibility index (Phi) is 2.73. The molecule has 0 aliphatic heterocycles. The van der Waals surface area contributed by atoms with Crippen molar-refractivity contribution in [2.45, 2.75) is 24.8 Å². The van der Waals surface area contributed by atoms with Gasteiger partial charge < -0.3 is 0 Å². The maximum absolute atomic E-state index is 11.9. The van der Waals surface area contributed by atoms with Crippen molar-refractivity contribution in [1.82, 2.24) is 9.38 Å².